The summed E-state index contributed by atoms with van der Waals surface area (Å²) in [5, 5.41) is 18.0. The van der Waals surface area contributed by atoms with Crippen LogP contribution in [-0.2, 0) is 5.60 Å². The molecule has 0 aliphatic carbocycles. The van der Waals surface area contributed by atoms with Gasteiger partial charge in [-0.05, 0) is 12.8 Å². The first-order chi connectivity index (χ1) is 16.0. The number of benzene rings is 1. The van der Waals surface area contributed by atoms with Gasteiger partial charge in [0.2, 0.25) is 0 Å². The fourth-order valence-corrected chi connectivity index (χ4v) is 4.95. The summed E-state index contributed by atoms with van der Waals surface area (Å²) in [5.74, 6) is -2.69. The molecule has 0 spiro atoms. The van der Waals surface area contributed by atoms with Gasteiger partial charge < -0.3 is 19.9 Å². The van der Waals surface area contributed by atoms with Crippen LogP contribution in [0.15, 0.2) is 12.1 Å². The van der Waals surface area contributed by atoms with Crippen molar-refractivity contribution in [3.05, 3.63) is 38.4 Å². The topological polar surface area (TPSA) is 93.6 Å². The van der Waals surface area contributed by atoms with Crippen LogP contribution >= 0.6 is 34.5 Å². The first-order valence-corrected chi connectivity index (χ1v) is 11.1. The third-order valence-corrected chi connectivity index (χ3v) is 7.20. The molecule has 2 aromatic rings. The first-order valence-electron chi connectivity index (χ1n) is 9.50. The number of amides is 1. The molecule has 0 bridgehead atoms. The van der Waals surface area contributed by atoms with E-state index in [1.807, 2.05) is 0 Å². The number of thiazole rings is 1. The number of hydrogen-bond acceptors (Lipinski definition) is 6. The Kier molecular flexibility index (Phi) is 9.08. The maximum Gasteiger partial charge on any atom is 1.00 e. The van der Waals surface area contributed by atoms with E-state index in [2.05, 4.69) is 4.98 Å². The molecule has 6 nitrogen and oxygen atoms in total. The number of halogens is 9. The molecule has 0 saturated carbocycles. The third-order valence-electron chi connectivity index (χ3n) is 5.25. The zero-order chi connectivity index (χ0) is 26.5. The zero-order valence-electron chi connectivity index (χ0n) is 17.9. The van der Waals surface area contributed by atoms with E-state index in [-0.39, 0.29) is 55.7 Å². The van der Waals surface area contributed by atoms with Crippen LogP contribution in [0.3, 0.4) is 0 Å². The molecule has 1 saturated heterocycles. The largest absolute Gasteiger partial charge is 1.00 e. The fourth-order valence-electron chi connectivity index (χ4n) is 3.41. The van der Waals surface area contributed by atoms with Crippen LogP contribution in [0.2, 0.25) is 10.0 Å². The molecule has 1 aliphatic heterocycles. The molecule has 2 heterocycles. The van der Waals surface area contributed by atoms with E-state index in [1.54, 1.807) is 0 Å². The summed E-state index contributed by atoms with van der Waals surface area (Å²) < 4.78 is 93.2. The number of carbonyl (C=O) groups is 2. The van der Waals surface area contributed by atoms with Gasteiger partial charge in [-0.1, -0.05) is 35.3 Å². The number of aromatic nitrogens is 1. The average molecular weight is 575 g/mol. The number of carbonyl (C=O) groups excluding carboxylic acids is 2. The summed E-state index contributed by atoms with van der Waals surface area (Å²) in [6, 6.07) is 0.828. The Morgan fingerprint density at radius 2 is 1.58 bits per heavy atom. The SMILES string of the molecule is O=C([O-])c1nc(C(=O)N2CCC(F)CC2)c(-c2ccc(C(O)(C(F)(F)F)C(F)(F)F)c(Cl)c2Cl)s1.[Li+]. The van der Waals surface area contributed by atoms with Gasteiger partial charge in [-0.25, -0.2) is 9.37 Å². The maximum atomic E-state index is 13.4. The number of piperidine rings is 1. The molecule has 1 amide bonds. The van der Waals surface area contributed by atoms with Crippen LogP contribution in [0.5, 0.6) is 0 Å². The van der Waals surface area contributed by atoms with Crippen LogP contribution < -0.4 is 24.0 Å². The average Bonchev–Trinajstić information content (AvgIpc) is 3.19. The monoisotopic (exact) mass is 574 g/mol. The molecule has 1 aromatic carbocycles. The van der Waals surface area contributed by atoms with Gasteiger partial charge in [-0.3, -0.25) is 4.79 Å². The van der Waals surface area contributed by atoms with Gasteiger partial charge in [0.15, 0.2) is 0 Å². The zero-order valence-corrected chi connectivity index (χ0v) is 20.3. The van der Waals surface area contributed by atoms with Gasteiger partial charge in [0.1, 0.15) is 22.8 Å². The van der Waals surface area contributed by atoms with Gasteiger partial charge in [-0.15, -0.1) is 11.3 Å². The number of likely N-dealkylation sites (tertiary alicyclic amines) is 1. The summed E-state index contributed by atoms with van der Waals surface area (Å²) in [7, 11) is 0. The number of alkyl halides is 7. The van der Waals surface area contributed by atoms with Crippen LogP contribution in [0.25, 0.3) is 10.4 Å². The van der Waals surface area contributed by atoms with E-state index in [9.17, 15) is 50.5 Å². The Balaban J connectivity index is 0.00000456. The van der Waals surface area contributed by atoms with E-state index >= 15 is 0 Å². The predicted molar refractivity (Wildman–Crippen MR) is 108 cm³/mol. The normalized spacial score (nSPS) is 15.6. The maximum absolute atomic E-state index is 13.4. The van der Waals surface area contributed by atoms with Crippen molar-refractivity contribution in [1.82, 2.24) is 9.88 Å². The Morgan fingerprint density at radius 1 is 1.06 bits per heavy atom. The number of carboxylic acids is 1. The van der Waals surface area contributed by atoms with Crippen molar-refractivity contribution in [3.8, 4) is 10.4 Å². The number of aromatic carboxylic acids is 1. The molecule has 1 fully saturated rings. The van der Waals surface area contributed by atoms with E-state index < -0.39 is 67.9 Å². The number of nitrogens with zero attached hydrogens (tertiary/aromatic N) is 2. The smallest absolute Gasteiger partial charge is 0.542 e. The molecule has 36 heavy (non-hydrogen) atoms. The van der Waals surface area contributed by atoms with Gasteiger partial charge in [-0.2, -0.15) is 26.3 Å². The number of aliphatic hydroxyl groups is 1. The fraction of sp³-hybridized carbons (Fsp3) is 0.421. The number of carboxylic acid groups (broad SMARTS) is 1. The van der Waals surface area contributed by atoms with Gasteiger partial charge in [0.05, 0.1) is 14.9 Å². The molecule has 1 aliphatic rings. The second-order valence-corrected chi connectivity index (χ2v) is 9.20. The number of hydrogen-bond donors (Lipinski definition) is 1. The van der Waals surface area contributed by atoms with E-state index in [0.29, 0.717) is 17.4 Å². The number of rotatable bonds is 4. The summed E-state index contributed by atoms with van der Waals surface area (Å²) >= 11 is 12.0. The quantitative estimate of drug-likeness (QED) is 0.440. The third kappa shape index (κ3) is 5.35. The minimum absolute atomic E-state index is 0. The Bertz CT molecular complexity index is 1150. The molecule has 3 rings (SSSR count). The van der Waals surface area contributed by atoms with Crippen LogP contribution in [0, 0.1) is 0 Å². The van der Waals surface area contributed by atoms with Crippen molar-refractivity contribution in [2.45, 2.75) is 37.0 Å². The summed E-state index contributed by atoms with van der Waals surface area (Å²) in [4.78, 5) is 28.7. The molecule has 192 valence electrons. The Hall–Kier alpha value is -1.56. The second-order valence-electron chi connectivity index (χ2n) is 7.45. The van der Waals surface area contributed by atoms with Crippen molar-refractivity contribution in [2.75, 3.05) is 13.1 Å². The summed E-state index contributed by atoms with van der Waals surface area (Å²) in [6.07, 6.45) is -13.7. The van der Waals surface area contributed by atoms with Crippen LogP contribution in [0.1, 0.15) is 38.7 Å². The molecular formula is C19H12Cl2F7LiN2O4S. The van der Waals surface area contributed by atoms with Crippen molar-refractivity contribution < 1.29 is 69.4 Å². The van der Waals surface area contributed by atoms with Crippen molar-refractivity contribution in [2.24, 2.45) is 0 Å². The standard InChI is InChI=1S/C19H13Cl2F7N2O4S.Li/c20-10-8(1-2-9(11(10)21)17(34,18(23,24)25)19(26,27)28)13-12(29-14(35-13)16(32)33)15(31)30-5-3-7(22)4-6-30;/h1-2,7,34H,3-6H2,(H,32,33);/q;+1/p-1. The van der Waals surface area contributed by atoms with Crippen molar-refractivity contribution in [1.29, 1.82) is 0 Å². The first kappa shape index (κ1) is 30.7. The minimum Gasteiger partial charge on any atom is -0.542 e. The Morgan fingerprint density at radius 3 is 2.06 bits per heavy atom. The molecule has 17 heteroatoms. The van der Waals surface area contributed by atoms with Crippen LogP contribution in [-0.4, -0.2) is 58.5 Å². The van der Waals surface area contributed by atoms with Gasteiger partial charge in [0, 0.05) is 24.2 Å². The van der Waals surface area contributed by atoms with Crippen molar-refractivity contribution >= 4 is 46.4 Å². The van der Waals surface area contributed by atoms with E-state index in [1.165, 1.54) is 0 Å². The Labute approximate surface area is 224 Å². The van der Waals surface area contributed by atoms with E-state index in [4.69, 9.17) is 23.2 Å². The van der Waals surface area contributed by atoms with E-state index in [0.717, 1.165) is 4.90 Å². The van der Waals surface area contributed by atoms with Crippen LogP contribution in [0.4, 0.5) is 30.7 Å². The summed E-state index contributed by atoms with van der Waals surface area (Å²) in [6.45, 7) is -0.0928. The molecule has 1 aromatic heterocycles. The van der Waals surface area contributed by atoms with Gasteiger partial charge in [0.25, 0.3) is 11.5 Å². The molecule has 0 atom stereocenters. The minimum atomic E-state index is -6.24. The molecule has 1 N–H and O–H groups in total. The van der Waals surface area contributed by atoms with Gasteiger partial charge >= 0.3 is 31.2 Å². The second kappa shape index (κ2) is 10.7. The summed E-state index contributed by atoms with van der Waals surface area (Å²) in [5.41, 5.74) is -8.16. The predicted octanol–water partition coefficient (Wildman–Crippen LogP) is 1.37. The van der Waals surface area contributed by atoms with Crippen molar-refractivity contribution in [3.63, 3.8) is 0 Å². The molecule has 0 unspecified atom stereocenters. The molecule has 0 radical (unpaired) electrons. The molecular weight excluding hydrogens is 563 g/mol.